The summed E-state index contributed by atoms with van der Waals surface area (Å²) < 4.78 is 1.17. The Hall–Kier alpha value is -5.05. The molecule has 42 heavy (non-hydrogen) atoms. The molecule has 4 nitrogen and oxygen atoms in total. The quantitative estimate of drug-likeness (QED) is 0.187. The van der Waals surface area contributed by atoms with E-state index < -0.39 is 0 Å². The van der Waals surface area contributed by atoms with Gasteiger partial charge in [-0.15, -0.1) is 11.3 Å². The third kappa shape index (κ3) is 5.72. The number of nitrogens with zero attached hydrogens (tertiary/aromatic N) is 3. The summed E-state index contributed by atoms with van der Waals surface area (Å²) in [6.07, 6.45) is 5.06. The summed E-state index contributed by atoms with van der Waals surface area (Å²) in [6, 6.07) is 38.1. The number of aromatic nitrogens is 1. The number of hydrogen-bond donors (Lipinski definition) is 1. The van der Waals surface area contributed by atoms with Crippen molar-refractivity contribution >= 4 is 33.5 Å². The van der Waals surface area contributed by atoms with Gasteiger partial charge in [-0.25, -0.2) is 4.98 Å². The molecule has 0 aliphatic carbocycles. The highest BCUT2D eigenvalue weighted by molar-refractivity contribution is 7.21. The molecule has 1 aromatic heterocycles. The summed E-state index contributed by atoms with van der Waals surface area (Å²) in [6.45, 7) is 2.22. The number of para-hydroxylation sites is 1. The summed E-state index contributed by atoms with van der Waals surface area (Å²) in [7, 11) is 0. The number of aromatic hydroxyl groups is 1. The van der Waals surface area contributed by atoms with E-state index in [4.69, 9.17) is 15.2 Å². The molecule has 5 heteroatoms. The first-order chi connectivity index (χ1) is 20.6. The minimum atomic E-state index is 0.153. The van der Waals surface area contributed by atoms with Crippen LogP contribution in [0.1, 0.15) is 36.5 Å². The van der Waals surface area contributed by atoms with Gasteiger partial charge < -0.3 is 5.11 Å². The molecule has 0 bridgehead atoms. The molecule has 0 unspecified atom stereocenters. The van der Waals surface area contributed by atoms with Gasteiger partial charge in [-0.3, -0.25) is 4.99 Å². The average Bonchev–Trinajstić information content (AvgIpc) is 3.48. The smallest absolute Gasteiger partial charge is 0.126 e. The number of benzene rings is 5. The maximum absolute atomic E-state index is 10.6. The van der Waals surface area contributed by atoms with E-state index in [0.717, 1.165) is 57.7 Å². The Morgan fingerprint density at radius 2 is 1.60 bits per heavy atom. The van der Waals surface area contributed by atoms with Crippen LogP contribution in [0, 0.1) is 11.3 Å². The molecule has 1 N–H and O–H groups in total. The van der Waals surface area contributed by atoms with Gasteiger partial charge in [0.15, 0.2) is 0 Å². The summed E-state index contributed by atoms with van der Waals surface area (Å²) in [4.78, 5) is 9.98. The Labute approximate surface area is 249 Å². The standard InChI is InChI=1S/C37H29N3OS/c1-2-3-9-26-20-32(28-10-5-4-6-11-28)36-35(21-26)42-37(40-36)31-12-7-8-13-33(31)39-24-30-22-29(18-19-34(30)41)27-16-14-25(23-38)15-17-27/h4-8,10-22,24,41H,2-3,9H2,1H3. The Morgan fingerprint density at radius 1 is 0.833 bits per heavy atom. The molecule has 0 atom stereocenters. The van der Waals surface area contributed by atoms with Crippen molar-refractivity contribution in [2.24, 2.45) is 4.99 Å². The van der Waals surface area contributed by atoms with Crippen molar-refractivity contribution in [1.29, 1.82) is 5.26 Å². The molecule has 0 aliphatic heterocycles. The number of fused-ring (bicyclic) bond motifs is 1. The zero-order chi connectivity index (χ0) is 28.9. The lowest BCUT2D eigenvalue weighted by Gasteiger charge is -2.07. The van der Waals surface area contributed by atoms with Crippen LogP contribution < -0.4 is 0 Å². The number of unbranched alkanes of at least 4 members (excludes halogenated alkanes) is 1. The van der Waals surface area contributed by atoms with Crippen LogP contribution in [0.4, 0.5) is 5.69 Å². The van der Waals surface area contributed by atoms with Crippen LogP contribution in [0.15, 0.2) is 114 Å². The van der Waals surface area contributed by atoms with E-state index in [1.54, 1.807) is 35.8 Å². The van der Waals surface area contributed by atoms with Gasteiger partial charge in [-0.05, 0) is 83.6 Å². The Bertz CT molecular complexity index is 1930. The van der Waals surface area contributed by atoms with E-state index in [2.05, 4.69) is 55.5 Å². The topological polar surface area (TPSA) is 69.3 Å². The summed E-state index contributed by atoms with van der Waals surface area (Å²) in [5, 5.41) is 20.6. The van der Waals surface area contributed by atoms with Crippen molar-refractivity contribution in [2.45, 2.75) is 26.2 Å². The molecule has 0 fully saturated rings. The number of aliphatic imine (C=N–C) groups is 1. The minimum Gasteiger partial charge on any atom is -0.507 e. The second-order valence-electron chi connectivity index (χ2n) is 10.2. The highest BCUT2D eigenvalue weighted by Gasteiger charge is 2.15. The Kier molecular flexibility index (Phi) is 7.89. The fourth-order valence-corrected chi connectivity index (χ4v) is 6.14. The predicted octanol–water partition coefficient (Wildman–Crippen LogP) is 9.97. The molecule has 6 rings (SSSR count). The zero-order valence-electron chi connectivity index (χ0n) is 23.3. The molecular weight excluding hydrogens is 534 g/mol. The molecular formula is C37H29N3OS. The number of nitriles is 1. The SMILES string of the molecule is CCCCc1cc(-c2ccccc2)c2nc(-c3ccccc3N=Cc3cc(-c4ccc(C#N)cc4)ccc3O)sc2c1. The van der Waals surface area contributed by atoms with Crippen LogP contribution in [0.5, 0.6) is 5.75 Å². The first-order valence-corrected chi connectivity index (χ1v) is 14.9. The number of phenols is 1. The van der Waals surface area contributed by atoms with Gasteiger partial charge in [0.05, 0.1) is 27.5 Å². The normalized spacial score (nSPS) is 11.2. The molecule has 0 aliphatic rings. The summed E-state index contributed by atoms with van der Waals surface area (Å²) in [5.74, 6) is 0.153. The molecule has 204 valence electrons. The molecule has 0 spiro atoms. The molecule has 0 saturated carbocycles. The molecule has 5 aromatic carbocycles. The Balaban J connectivity index is 1.38. The number of thiazole rings is 1. The first-order valence-electron chi connectivity index (χ1n) is 14.1. The first kappa shape index (κ1) is 27.1. The number of aryl methyl sites for hydroxylation is 1. The fourth-order valence-electron chi connectivity index (χ4n) is 5.05. The van der Waals surface area contributed by atoms with Crippen LogP contribution in [0.25, 0.3) is 43.0 Å². The van der Waals surface area contributed by atoms with Crippen molar-refractivity contribution in [3.63, 3.8) is 0 Å². The van der Waals surface area contributed by atoms with Crippen molar-refractivity contribution in [3.8, 4) is 44.6 Å². The van der Waals surface area contributed by atoms with Gasteiger partial charge >= 0.3 is 0 Å². The van der Waals surface area contributed by atoms with E-state index in [1.807, 2.05) is 48.5 Å². The van der Waals surface area contributed by atoms with Gasteiger partial charge in [0.2, 0.25) is 0 Å². The maximum atomic E-state index is 10.6. The van der Waals surface area contributed by atoms with E-state index in [1.165, 1.54) is 15.8 Å². The molecule has 0 radical (unpaired) electrons. The Morgan fingerprint density at radius 3 is 2.38 bits per heavy atom. The van der Waals surface area contributed by atoms with Crippen LogP contribution >= 0.6 is 11.3 Å². The number of hydrogen-bond acceptors (Lipinski definition) is 5. The van der Waals surface area contributed by atoms with Crippen molar-refractivity contribution in [1.82, 2.24) is 4.98 Å². The lowest BCUT2D eigenvalue weighted by atomic mass is 9.99. The second-order valence-corrected chi connectivity index (χ2v) is 11.2. The maximum Gasteiger partial charge on any atom is 0.126 e. The van der Waals surface area contributed by atoms with Gasteiger partial charge in [0.25, 0.3) is 0 Å². The van der Waals surface area contributed by atoms with E-state index in [-0.39, 0.29) is 5.75 Å². The second kappa shape index (κ2) is 12.2. The van der Waals surface area contributed by atoms with Gasteiger partial charge in [-0.2, -0.15) is 5.26 Å². The molecule has 0 saturated heterocycles. The van der Waals surface area contributed by atoms with Crippen LogP contribution in [-0.2, 0) is 6.42 Å². The summed E-state index contributed by atoms with van der Waals surface area (Å²) in [5.41, 5.74) is 9.53. The number of phenolic OH excluding ortho intramolecular Hbond substituents is 1. The summed E-state index contributed by atoms with van der Waals surface area (Å²) >= 11 is 1.69. The van der Waals surface area contributed by atoms with E-state index in [9.17, 15) is 5.11 Å². The third-order valence-corrected chi connectivity index (χ3v) is 8.35. The van der Waals surface area contributed by atoms with E-state index >= 15 is 0 Å². The molecule has 0 amide bonds. The number of rotatable bonds is 8. The van der Waals surface area contributed by atoms with Crippen molar-refractivity contribution in [3.05, 3.63) is 126 Å². The highest BCUT2D eigenvalue weighted by atomic mass is 32.1. The van der Waals surface area contributed by atoms with Gasteiger partial charge in [0, 0.05) is 22.9 Å². The lowest BCUT2D eigenvalue weighted by molar-refractivity contribution is 0.474. The van der Waals surface area contributed by atoms with Gasteiger partial charge in [0.1, 0.15) is 10.8 Å². The average molecular weight is 564 g/mol. The molecule has 1 heterocycles. The zero-order valence-corrected chi connectivity index (χ0v) is 24.1. The van der Waals surface area contributed by atoms with Crippen molar-refractivity contribution in [2.75, 3.05) is 0 Å². The van der Waals surface area contributed by atoms with E-state index in [0.29, 0.717) is 11.1 Å². The van der Waals surface area contributed by atoms with Crippen molar-refractivity contribution < 1.29 is 5.11 Å². The monoisotopic (exact) mass is 563 g/mol. The van der Waals surface area contributed by atoms with Crippen LogP contribution in [0.2, 0.25) is 0 Å². The van der Waals surface area contributed by atoms with Crippen LogP contribution in [0.3, 0.4) is 0 Å². The lowest BCUT2D eigenvalue weighted by Crippen LogP contribution is -1.88. The van der Waals surface area contributed by atoms with Crippen LogP contribution in [-0.4, -0.2) is 16.3 Å². The van der Waals surface area contributed by atoms with Gasteiger partial charge in [-0.1, -0.05) is 74.0 Å². The fraction of sp³-hybridized carbons (Fsp3) is 0.108. The highest BCUT2D eigenvalue weighted by Crippen LogP contribution is 2.40. The molecule has 6 aromatic rings. The largest absolute Gasteiger partial charge is 0.507 e. The predicted molar refractivity (Wildman–Crippen MR) is 175 cm³/mol. The third-order valence-electron chi connectivity index (χ3n) is 7.31. The minimum absolute atomic E-state index is 0.153.